The molecule has 0 unspecified atom stereocenters. The van der Waals surface area contributed by atoms with E-state index in [4.69, 9.17) is 16.1 Å². The van der Waals surface area contributed by atoms with Crippen LogP contribution in [0.25, 0.3) is 37.9 Å². The average molecular weight is 409 g/mol. The van der Waals surface area contributed by atoms with E-state index in [1.54, 1.807) is 22.1 Å². The molecule has 138 valence electrons. The number of hydrogen-bond acceptors (Lipinski definition) is 5. The summed E-state index contributed by atoms with van der Waals surface area (Å²) in [6, 6.07) is 15.2. The maximum atomic E-state index is 12.0. The summed E-state index contributed by atoms with van der Waals surface area (Å²) in [6.07, 6.45) is 1.67. The van der Waals surface area contributed by atoms with Crippen LogP contribution in [0, 0.1) is 6.92 Å². The third kappa shape index (κ3) is 2.76. The van der Waals surface area contributed by atoms with Gasteiger partial charge in [-0.25, -0.2) is 4.79 Å². The van der Waals surface area contributed by atoms with Crippen LogP contribution in [0.15, 0.2) is 64.0 Å². The minimum atomic E-state index is -0.189. The number of benzene rings is 2. The minimum Gasteiger partial charge on any atom is -0.333 e. The molecule has 0 aliphatic heterocycles. The topological polar surface area (TPSA) is 76.7 Å². The minimum absolute atomic E-state index is 0.189. The number of rotatable bonds is 3. The molecule has 3 aromatic heterocycles. The fourth-order valence-electron chi connectivity index (χ4n) is 3.13. The first-order valence-electron chi connectivity index (χ1n) is 8.50. The van der Waals surface area contributed by atoms with E-state index in [0.29, 0.717) is 16.7 Å². The molecule has 8 heteroatoms. The number of fused-ring (bicyclic) bond motifs is 1. The molecule has 0 aliphatic carbocycles. The van der Waals surface area contributed by atoms with E-state index in [1.807, 2.05) is 55.5 Å². The molecule has 0 bridgehead atoms. The molecule has 1 N–H and O–H groups in total. The Balaban J connectivity index is 1.55. The Morgan fingerprint density at radius 3 is 2.82 bits per heavy atom. The standard InChI is InChI=1S/C20H13ClN4O2S/c1-11-10-22-20(26)25(11)13-5-2-4-12(8-13)18-23-19(27-24-18)17-9-14-15(21)6-3-7-16(14)28-17/h2-10H,1H3,(H,22,26). The highest BCUT2D eigenvalue weighted by Gasteiger charge is 2.15. The lowest BCUT2D eigenvalue weighted by atomic mass is 10.2. The molecule has 0 spiro atoms. The van der Waals surface area contributed by atoms with Crippen LogP contribution in [0.3, 0.4) is 0 Å². The Kier molecular flexibility index (Phi) is 3.92. The molecule has 0 amide bonds. The number of nitrogens with zero attached hydrogens (tertiary/aromatic N) is 3. The molecule has 0 saturated heterocycles. The number of H-pyrrole nitrogens is 1. The molecular weight excluding hydrogens is 396 g/mol. The number of halogens is 1. The highest BCUT2D eigenvalue weighted by molar-refractivity contribution is 7.22. The molecule has 5 rings (SSSR count). The first-order valence-corrected chi connectivity index (χ1v) is 9.69. The first kappa shape index (κ1) is 17.0. The Labute approximate surface area is 168 Å². The molecule has 0 saturated carbocycles. The zero-order valence-electron chi connectivity index (χ0n) is 14.6. The van der Waals surface area contributed by atoms with E-state index in [2.05, 4.69) is 15.1 Å². The van der Waals surface area contributed by atoms with Gasteiger partial charge in [0.25, 0.3) is 5.89 Å². The maximum absolute atomic E-state index is 12.0. The highest BCUT2D eigenvalue weighted by atomic mass is 35.5. The van der Waals surface area contributed by atoms with Gasteiger partial charge in [0.1, 0.15) is 0 Å². The predicted octanol–water partition coefficient (Wildman–Crippen LogP) is 5.06. The third-order valence-electron chi connectivity index (χ3n) is 4.47. The number of hydrogen-bond donors (Lipinski definition) is 1. The summed E-state index contributed by atoms with van der Waals surface area (Å²) < 4.78 is 8.14. The van der Waals surface area contributed by atoms with E-state index in [-0.39, 0.29) is 5.69 Å². The molecule has 6 nitrogen and oxygen atoms in total. The van der Waals surface area contributed by atoms with Crippen molar-refractivity contribution in [1.82, 2.24) is 19.7 Å². The lowest BCUT2D eigenvalue weighted by molar-refractivity contribution is 0.433. The normalized spacial score (nSPS) is 11.4. The van der Waals surface area contributed by atoms with Gasteiger partial charge in [0.15, 0.2) is 0 Å². The zero-order chi connectivity index (χ0) is 19.3. The second-order valence-electron chi connectivity index (χ2n) is 6.31. The van der Waals surface area contributed by atoms with Crippen LogP contribution >= 0.6 is 22.9 Å². The fourth-order valence-corrected chi connectivity index (χ4v) is 4.43. The summed E-state index contributed by atoms with van der Waals surface area (Å²) in [5, 5.41) is 5.78. The molecule has 3 heterocycles. The molecule has 0 fully saturated rings. The molecular formula is C20H13ClN4O2S. The van der Waals surface area contributed by atoms with Crippen LogP contribution in [0.2, 0.25) is 5.02 Å². The van der Waals surface area contributed by atoms with Gasteiger partial charge in [-0.3, -0.25) is 4.57 Å². The number of aromatic amines is 1. The highest BCUT2D eigenvalue weighted by Crippen LogP contribution is 2.36. The van der Waals surface area contributed by atoms with Crippen molar-refractivity contribution in [2.24, 2.45) is 0 Å². The third-order valence-corrected chi connectivity index (χ3v) is 5.89. The summed E-state index contributed by atoms with van der Waals surface area (Å²) >= 11 is 7.81. The van der Waals surface area contributed by atoms with E-state index in [1.165, 1.54) is 0 Å². The SMILES string of the molecule is Cc1c[nH]c(=O)n1-c1cccc(-c2noc(-c3cc4c(Cl)cccc4s3)n2)c1. The van der Waals surface area contributed by atoms with Crippen molar-refractivity contribution in [3.05, 3.63) is 75.9 Å². The lowest BCUT2D eigenvalue weighted by Gasteiger charge is -2.05. The van der Waals surface area contributed by atoms with Gasteiger partial charge in [0.05, 0.1) is 10.6 Å². The van der Waals surface area contributed by atoms with Gasteiger partial charge in [-0.2, -0.15) is 4.98 Å². The molecule has 0 atom stereocenters. The van der Waals surface area contributed by atoms with Gasteiger partial charge in [0.2, 0.25) is 5.82 Å². The van der Waals surface area contributed by atoms with Crippen LogP contribution in [0.4, 0.5) is 0 Å². The summed E-state index contributed by atoms with van der Waals surface area (Å²) in [5.74, 6) is 0.898. The van der Waals surface area contributed by atoms with Gasteiger partial charge >= 0.3 is 5.69 Å². The van der Waals surface area contributed by atoms with Crippen molar-refractivity contribution >= 4 is 33.0 Å². The van der Waals surface area contributed by atoms with E-state index >= 15 is 0 Å². The fraction of sp³-hybridized carbons (Fsp3) is 0.0500. The average Bonchev–Trinajstić information content (AvgIpc) is 3.41. The van der Waals surface area contributed by atoms with Crippen LogP contribution in [-0.2, 0) is 0 Å². The van der Waals surface area contributed by atoms with Crippen LogP contribution < -0.4 is 5.69 Å². The van der Waals surface area contributed by atoms with Crippen molar-refractivity contribution in [1.29, 1.82) is 0 Å². The Bertz CT molecular complexity index is 1380. The second-order valence-corrected chi connectivity index (χ2v) is 7.80. The maximum Gasteiger partial charge on any atom is 0.330 e. The number of thiophene rings is 1. The number of imidazole rings is 1. The van der Waals surface area contributed by atoms with Crippen LogP contribution in [-0.4, -0.2) is 19.7 Å². The van der Waals surface area contributed by atoms with Crippen molar-refractivity contribution in [3.63, 3.8) is 0 Å². The summed E-state index contributed by atoms with van der Waals surface area (Å²) in [5.41, 5.74) is 2.13. The van der Waals surface area contributed by atoms with Gasteiger partial charge in [-0.1, -0.05) is 35.0 Å². The number of nitrogens with one attached hydrogen (secondary N) is 1. The molecule has 0 aliphatic rings. The van der Waals surface area contributed by atoms with Crippen molar-refractivity contribution in [2.45, 2.75) is 6.92 Å². The van der Waals surface area contributed by atoms with Gasteiger partial charge < -0.3 is 9.51 Å². The van der Waals surface area contributed by atoms with Crippen LogP contribution in [0.1, 0.15) is 5.69 Å². The zero-order valence-corrected chi connectivity index (χ0v) is 16.2. The van der Waals surface area contributed by atoms with Crippen LogP contribution in [0.5, 0.6) is 0 Å². The lowest BCUT2D eigenvalue weighted by Crippen LogP contribution is -2.15. The summed E-state index contributed by atoms with van der Waals surface area (Å²) in [4.78, 5) is 20.1. The largest absolute Gasteiger partial charge is 0.333 e. The Hall–Kier alpha value is -3.16. The number of aryl methyl sites for hydroxylation is 1. The van der Waals surface area contributed by atoms with E-state index < -0.39 is 0 Å². The summed E-state index contributed by atoms with van der Waals surface area (Å²) in [6.45, 7) is 1.86. The second kappa shape index (κ2) is 6.47. The Morgan fingerprint density at radius 2 is 2.04 bits per heavy atom. The Morgan fingerprint density at radius 1 is 1.18 bits per heavy atom. The molecule has 28 heavy (non-hydrogen) atoms. The summed E-state index contributed by atoms with van der Waals surface area (Å²) in [7, 11) is 0. The molecule has 2 aromatic carbocycles. The van der Waals surface area contributed by atoms with Crippen molar-refractivity contribution < 1.29 is 4.52 Å². The van der Waals surface area contributed by atoms with Gasteiger partial charge in [0, 0.05) is 32.6 Å². The smallest absolute Gasteiger partial charge is 0.330 e. The predicted molar refractivity (Wildman–Crippen MR) is 110 cm³/mol. The van der Waals surface area contributed by atoms with Gasteiger partial charge in [-0.15, -0.1) is 11.3 Å². The van der Waals surface area contributed by atoms with E-state index in [9.17, 15) is 4.79 Å². The van der Waals surface area contributed by atoms with Crippen molar-refractivity contribution in [3.8, 4) is 27.8 Å². The quantitative estimate of drug-likeness (QED) is 0.452. The monoisotopic (exact) mass is 408 g/mol. The van der Waals surface area contributed by atoms with Gasteiger partial charge in [-0.05, 0) is 37.3 Å². The molecule has 5 aromatic rings. The van der Waals surface area contributed by atoms with E-state index in [0.717, 1.165) is 31.9 Å². The van der Waals surface area contributed by atoms with Crippen molar-refractivity contribution in [2.75, 3.05) is 0 Å². The first-order chi connectivity index (χ1) is 13.6. The number of aromatic nitrogens is 4. The molecule has 0 radical (unpaired) electrons.